The molecule has 0 spiro atoms. The van der Waals surface area contributed by atoms with Gasteiger partial charge in [0.1, 0.15) is 0 Å². The van der Waals surface area contributed by atoms with Crippen LogP contribution in [0.5, 0.6) is 0 Å². The highest BCUT2D eigenvalue weighted by Crippen LogP contribution is 2.35. The highest BCUT2D eigenvalue weighted by molar-refractivity contribution is 6.21. The molecule has 1 saturated carbocycles. The summed E-state index contributed by atoms with van der Waals surface area (Å²) >= 11 is 0. The lowest BCUT2D eigenvalue weighted by molar-refractivity contribution is 0.0326. The van der Waals surface area contributed by atoms with Crippen LogP contribution in [0, 0.1) is 0 Å². The van der Waals surface area contributed by atoms with Crippen LogP contribution < -0.4 is 5.32 Å². The van der Waals surface area contributed by atoms with Crippen molar-refractivity contribution in [2.24, 2.45) is 0 Å². The zero-order valence-corrected chi connectivity index (χ0v) is 19.7. The van der Waals surface area contributed by atoms with Gasteiger partial charge < -0.3 is 5.32 Å². The molecule has 2 aliphatic heterocycles. The molecule has 1 saturated heterocycles. The average Bonchev–Trinajstić information content (AvgIpc) is 3.13. The minimum absolute atomic E-state index is 0.0755. The van der Waals surface area contributed by atoms with Crippen LogP contribution in [0.4, 0.5) is 0 Å². The summed E-state index contributed by atoms with van der Waals surface area (Å²) in [6, 6.07) is 14.2. The molecular formula is C28H33N3O3. The Morgan fingerprint density at radius 3 is 2.15 bits per heavy atom. The Balaban J connectivity index is 1.26. The van der Waals surface area contributed by atoms with Crippen LogP contribution in [-0.4, -0.2) is 52.7 Å². The maximum Gasteiger partial charge on any atom is 0.261 e. The zero-order valence-electron chi connectivity index (χ0n) is 19.7. The van der Waals surface area contributed by atoms with E-state index in [4.69, 9.17) is 0 Å². The van der Waals surface area contributed by atoms with Gasteiger partial charge in [-0.05, 0) is 68.6 Å². The van der Waals surface area contributed by atoms with Gasteiger partial charge in [-0.25, -0.2) is 0 Å². The highest BCUT2D eigenvalue weighted by atomic mass is 16.2. The van der Waals surface area contributed by atoms with Crippen LogP contribution in [0.3, 0.4) is 0 Å². The molecular weight excluding hydrogens is 426 g/mol. The first-order chi connectivity index (χ1) is 16.6. The summed E-state index contributed by atoms with van der Waals surface area (Å²) in [5.74, 6) is -0.654. The maximum absolute atomic E-state index is 13.1. The molecule has 3 aliphatic rings. The Labute approximate surface area is 201 Å². The van der Waals surface area contributed by atoms with E-state index in [1.54, 1.807) is 36.4 Å². The number of nitrogens with zero attached hydrogens (tertiary/aromatic N) is 2. The topological polar surface area (TPSA) is 69.7 Å². The molecule has 2 aromatic carbocycles. The Bertz CT molecular complexity index is 1050. The number of carbonyl (C=O) groups is 3. The van der Waals surface area contributed by atoms with Crippen molar-refractivity contribution in [2.75, 3.05) is 19.6 Å². The number of likely N-dealkylation sites (tertiary alicyclic amines) is 1. The quantitative estimate of drug-likeness (QED) is 0.650. The molecule has 0 unspecified atom stereocenters. The van der Waals surface area contributed by atoms with E-state index < -0.39 is 0 Å². The van der Waals surface area contributed by atoms with Crippen molar-refractivity contribution in [3.05, 3.63) is 70.8 Å². The van der Waals surface area contributed by atoms with Gasteiger partial charge in [0.2, 0.25) is 0 Å². The molecule has 0 atom stereocenters. The smallest absolute Gasteiger partial charge is 0.261 e. The fourth-order valence-corrected chi connectivity index (χ4v) is 5.91. The minimum Gasteiger partial charge on any atom is -0.350 e. The summed E-state index contributed by atoms with van der Waals surface area (Å²) in [6.45, 7) is 3.09. The molecule has 2 fully saturated rings. The first-order valence-electron chi connectivity index (χ1n) is 12.6. The van der Waals surface area contributed by atoms with Crippen molar-refractivity contribution in [3.8, 4) is 0 Å². The third kappa shape index (κ3) is 4.39. The van der Waals surface area contributed by atoms with Crippen molar-refractivity contribution >= 4 is 17.7 Å². The average molecular weight is 460 g/mol. The largest absolute Gasteiger partial charge is 0.350 e. The second kappa shape index (κ2) is 9.71. The Hall–Kier alpha value is -2.99. The summed E-state index contributed by atoms with van der Waals surface area (Å²) in [5, 5.41) is 3.23. The summed E-state index contributed by atoms with van der Waals surface area (Å²) < 4.78 is 0. The number of carbonyl (C=O) groups excluding carboxylic acids is 3. The molecule has 6 nitrogen and oxygen atoms in total. The fourth-order valence-electron chi connectivity index (χ4n) is 5.91. The van der Waals surface area contributed by atoms with Gasteiger partial charge in [-0.2, -0.15) is 0 Å². The van der Waals surface area contributed by atoms with Gasteiger partial charge in [0.25, 0.3) is 17.7 Å². The van der Waals surface area contributed by atoms with E-state index in [1.807, 2.05) is 12.1 Å². The number of rotatable bonds is 6. The van der Waals surface area contributed by atoms with Gasteiger partial charge in [0.15, 0.2) is 0 Å². The van der Waals surface area contributed by atoms with Gasteiger partial charge in [-0.3, -0.25) is 24.2 Å². The van der Waals surface area contributed by atoms with Crippen molar-refractivity contribution in [1.29, 1.82) is 0 Å². The molecule has 6 heteroatoms. The number of hydrogen-bond donors (Lipinski definition) is 1. The van der Waals surface area contributed by atoms with E-state index >= 15 is 0 Å². The predicted octanol–water partition coefficient (Wildman–Crippen LogP) is 4.40. The van der Waals surface area contributed by atoms with E-state index in [-0.39, 0.29) is 29.8 Å². The second-order valence-electron chi connectivity index (χ2n) is 9.96. The third-order valence-electron chi connectivity index (χ3n) is 7.80. The van der Waals surface area contributed by atoms with Gasteiger partial charge in [-0.15, -0.1) is 0 Å². The molecule has 1 N–H and O–H groups in total. The molecule has 0 radical (unpaired) electrons. The van der Waals surface area contributed by atoms with E-state index in [2.05, 4.69) is 10.2 Å². The number of nitrogens with one attached hydrogen (secondary N) is 1. The molecule has 34 heavy (non-hydrogen) atoms. The maximum atomic E-state index is 13.1. The van der Waals surface area contributed by atoms with Crippen molar-refractivity contribution < 1.29 is 14.4 Å². The first-order valence-corrected chi connectivity index (χ1v) is 12.6. The predicted molar refractivity (Wildman–Crippen MR) is 131 cm³/mol. The van der Waals surface area contributed by atoms with Gasteiger partial charge in [-0.1, -0.05) is 49.9 Å². The fraction of sp³-hybridized carbons (Fsp3) is 0.464. The summed E-state index contributed by atoms with van der Waals surface area (Å²) in [4.78, 5) is 42.5. The lowest BCUT2D eigenvalue weighted by atomic mass is 9.79. The Morgan fingerprint density at radius 1 is 0.824 bits per heavy atom. The molecule has 0 aromatic heterocycles. The second-order valence-corrected chi connectivity index (χ2v) is 9.96. The monoisotopic (exact) mass is 459 g/mol. The van der Waals surface area contributed by atoms with Crippen molar-refractivity contribution in [2.45, 2.75) is 63.5 Å². The number of imide groups is 1. The number of amides is 3. The molecule has 2 aromatic rings. The molecule has 3 amide bonds. The number of hydrogen-bond acceptors (Lipinski definition) is 4. The van der Waals surface area contributed by atoms with Crippen LogP contribution in [0.1, 0.15) is 88.0 Å². The highest BCUT2D eigenvalue weighted by Gasteiger charge is 2.39. The van der Waals surface area contributed by atoms with Gasteiger partial charge in [0.05, 0.1) is 17.7 Å². The van der Waals surface area contributed by atoms with Gasteiger partial charge >= 0.3 is 0 Å². The molecule has 2 heterocycles. The van der Waals surface area contributed by atoms with E-state index in [0.717, 1.165) is 31.5 Å². The third-order valence-corrected chi connectivity index (χ3v) is 7.80. The molecule has 1 aliphatic carbocycles. The number of benzene rings is 2. The van der Waals surface area contributed by atoms with E-state index in [9.17, 15) is 14.4 Å². The summed E-state index contributed by atoms with van der Waals surface area (Å²) in [7, 11) is 0. The first kappa shape index (κ1) is 22.8. The molecule has 5 rings (SSSR count). The van der Waals surface area contributed by atoms with Crippen LogP contribution in [0.2, 0.25) is 0 Å². The normalized spacial score (nSPS) is 20.3. The molecule has 178 valence electrons. The zero-order chi connectivity index (χ0) is 23.5. The van der Waals surface area contributed by atoms with E-state index in [1.165, 1.54) is 43.4 Å². The van der Waals surface area contributed by atoms with Crippen LogP contribution in [0.15, 0.2) is 48.5 Å². The number of fused-ring (bicyclic) bond motifs is 1. The summed E-state index contributed by atoms with van der Waals surface area (Å²) in [6.07, 6.45) is 9.82. The van der Waals surface area contributed by atoms with Crippen molar-refractivity contribution in [3.63, 3.8) is 0 Å². The van der Waals surface area contributed by atoms with Crippen LogP contribution >= 0.6 is 0 Å². The van der Waals surface area contributed by atoms with Crippen LogP contribution in [-0.2, 0) is 6.54 Å². The lowest BCUT2D eigenvalue weighted by Crippen LogP contribution is -2.58. The standard InChI is InChI=1S/C28H33N3O3/c32-25(29-20-28(14-5-1-6-15-28)30-16-7-2-8-17-30)22-11-9-10-21(18-22)19-31-26(33)23-12-3-4-13-24(23)27(31)34/h3-4,9-13,18H,1-2,5-8,14-17,19-20H2,(H,29,32). The molecule has 0 bridgehead atoms. The Morgan fingerprint density at radius 2 is 1.47 bits per heavy atom. The minimum atomic E-state index is -0.281. The summed E-state index contributed by atoms with van der Waals surface area (Å²) in [5.41, 5.74) is 2.30. The SMILES string of the molecule is O=C(NCC1(N2CCCCC2)CCCCC1)c1cccc(CN2C(=O)c3ccccc3C2=O)c1. The van der Waals surface area contributed by atoms with Crippen LogP contribution in [0.25, 0.3) is 0 Å². The number of piperidine rings is 1. The van der Waals surface area contributed by atoms with Crippen molar-refractivity contribution in [1.82, 2.24) is 15.1 Å². The van der Waals surface area contributed by atoms with Gasteiger partial charge in [0, 0.05) is 17.6 Å². The van der Waals surface area contributed by atoms with E-state index in [0.29, 0.717) is 23.2 Å². The lowest BCUT2D eigenvalue weighted by Gasteiger charge is -2.48. The Kier molecular flexibility index (Phi) is 6.50.